The largest absolute Gasteiger partial charge is 0.378 e. The van der Waals surface area contributed by atoms with Gasteiger partial charge in [-0.05, 0) is 39.2 Å². The number of piperidine rings is 1. The van der Waals surface area contributed by atoms with E-state index in [-0.39, 0.29) is 24.3 Å². The van der Waals surface area contributed by atoms with E-state index in [2.05, 4.69) is 5.32 Å². The molecule has 2 aliphatic heterocycles. The zero-order chi connectivity index (χ0) is 13.2. The van der Waals surface area contributed by atoms with Crippen molar-refractivity contribution in [2.24, 2.45) is 5.92 Å². The van der Waals surface area contributed by atoms with Crippen molar-refractivity contribution >= 4 is 22.4 Å². The van der Waals surface area contributed by atoms with Gasteiger partial charge in [0.15, 0.2) is 0 Å². The van der Waals surface area contributed by atoms with Crippen molar-refractivity contribution in [3.63, 3.8) is 0 Å². The first-order chi connectivity index (χ1) is 8.49. The van der Waals surface area contributed by atoms with Crippen molar-refractivity contribution in [1.82, 2.24) is 9.62 Å². The maximum Gasteiger partial charge on any atom is 0.216 e. The lowest BCUT2D eigenvalue weighted by Gasteiger charge is -2.34. The van der Waals surface area contributed by atoms with Crippen LogP contribution in [0.2, 0.25) is 0 Å². The number of hydrogen-bond acceptors (Lipinski definition) is 4. The summed E-state index contributed by atoms with van der Waals surface area (Å²) in [5, 5.41) is 3.44. The van der Waals surface area contributed by atoms with Crippen molar-refractivity contribution in [2.75, 3.05) is 32.0 Å². The van der Waals surface area contributed by atoms with Crippen LogP contribution in [0.3, 0.4) is 0 Å². The third kappa shape index (κ3) is 4.56. The van der Waals surface area contributed by atoms with Gasteiger partial charge in [-0.25, -0.2) is 12.7 Å². The van der Waals surface area contributed by atoms with Gasteiger partial charge in [0.05, 0.1) is 18.5 Å². The molecule has 2 unspecified atom stereocenters. The first-order valence-corrected chi connectivity index (χ1v) is 8.43. The standard InChI is InChI=1S/C12H24N2O3S.ClH/c1-10(2)17-7-8-18(15,16)14-6-4-12-11(9-14)3-5-13-12;/h10-13H,3-9H2,1-2H3;1H. The highest BCUT2D eigenvalue weighted by Gasteiger charge is 2.36. The van der Waals surface area contributed by atoms with Gasteiger partial charge in [-0.3, -0.25) is 0 Å². The summed E-state index contributed by atoms with van der Waals surface area (Å²) >= 11 is 0. The molecular weight excluding hydrogens is 288 g/mol. The Morgan fingerprint density at radius 3 is 2.79 bits per heavy atom. The Balaban J connectivity index is 0.00000180. The number of halogens is 1. The van der Waals surface area contributed by atoms with Crippen LogP contribution in [0, 0.1) is 5.92 Å². The summed E-state index contributed by atoms with van der Waals surface area (Å²) in [5.74, 6) is 0.607. The van der Waals surface area contributed by atoms with Crippen LogP contribution < -0.4 is 5.32 Å². The minimum atomic E-state index is -3.14. The number of nitrogens with one attached hydrogen (secondary N) is 1. The smallest absolute Gasteiger partial charge is 0.216 e. The number of hydrogen-bond donors (Lipinski definition) is 1. The van der Waals surface area contributed by atoms with E-state index in [9.17, 15) is 8.42 Å². The Bertz CT molecular complexity index is 375. The van der Waals surface area contributed by atoms with Crippen molar-refractivity contribution in [3.8, 4) is 0 Å². The van der Waals surface area contributed by atoms with Crippen molar-refractivity contribution in [3.05, 3.63) is 0 Å². The maximum absolute atomic E-state index is 12.2. The molecule has 2 rings (SSSR count). The van der Waals surface area contributed by atoms with E-state index in [1.165, 1.54) is 0 Å². The van der Waals surface area contributed by atoms with Gasteiger partial charge in [0.2, 0.25) is 10.0 Å². The predicted octanol–water partition coefficient (Wildman–Crippen LogP) is 0.847. The first kappa shape index (κ1) is 17.2. The van der Waals surface area contributed by atoms with Crippen LogP contribution in [0.1, 0.15) is 26.7 Å². The van der Waals surface area contributed by atoms with Crippen LogP contribution in [0.5, 0.6) is 0 Å². The van der Waals surface area contributed by atoms with E-state index in [0.717, 1.165) is 19.4 Å². The minimum Gasteiger partial charge on any atom is -0.378 e. The van der Waals surface area contributed by atoms with Crippen molar-refractivity contribution in [2.45, 2.75) is 38.8 Å². The fourth-order valence-electron chi connectivity index (χ4n) is 2.79. The molecule has 2 saturated heterocycles. The summed E-state index contributed by atoms with van der Waals surface area (Å²) in [6.07, 6.45) is 2.12. The van der Waals surface area contributed by atoms with Gasteiger partial charge in [-0.15, -0.1) is 12.4 Å². The predicted molar refractivity (Wildman–Crippen MR) is 78.2 cm³/mol. The van der Waals surface area contributed by atoms with Crippen molar-refractivity contribution in [1.29, 1.82) is 0 Å². The zero-order valence-electron chi connectivity index (χ0n) is 11.7. The molecule has 7 heteroatoms. The molecule has 19 heavy (non-hydrogen) atoms. The van der Waals surface area contributed by atoms with Gasteiger partial charge in [0, 0.05) is 19.1 Å². The average molecular weight is 313 g/mol. The van der Waals surface area contributed by atoms with E-state index >= 15 is 0 Å². The van der Waals surface area contributed by atoms with E-state index < -0.39 is 10.0 Å². The molecule has 0 aromatic carbocycles. The molecule has 0 aromatic rings. The molecule has 1 N–H and O–H groups in total. The Kier molecular flexibility index (Phi) is 6.53. The van der Waals surface area contributed by atoms with Crippen molar-refractivity contribution < 1.29 is 13.2 Å². The summed E-state index contributed by atoms with van der Waals surface area (Å²) in [7, 11) is -3.14. The Morgan fingerprint density at radius 1 is 1.37 bits per heavy atom. The van der Waals surface area contributed by atoms with Gasteiger partial charge in [-0.2, -0.15) is 0 Å². The lowest BCUT2D eigenvalue weighted by Crippen LogP contribution is -2.47. The molecular formula is C12H25ClN2O3S. The molecule has 2 atom stereocenters. The van der Waals surface area contributed by atoms with E-state index in [1.807, 2.05) is 13.8 Å². The van der Waals surface area contributed by atoms with Gasteiger partial charge >= 0.3 is 0 Å². The second-order valence-corrected chi connectivity index (χ2v) is 7.58. The molecule has 5 nitrogen and oxygen atoms in total. The van der Waals surface area contributed by atoms with E-state index in [1.54, 1.807) is 4.31 Å². The van der Waals surface area contributed by atoms with Gasteiger partial charge in [-0.1, -0.05) is 0 Å². The number of nitrogens with zero attached hydrogens (tertiary/aromatic N) is 1. The highest BCUT2D eigenvalue weighted by molar-refractivity contribution is 7.89. The quantitative estimate of drug-likeness (QED) is 0.817. The third-order valence-corrected chi connectivity index (χ3v) is 5.61. The van der Waals surface area contributed by atoms with E-state index in [0.29, 0.717) is 31.7 Å². The number of fused-ring (bicyclic) bond motifs is 1. The first-order valence-electron chi connectivity index (χ1n) is 6.82. The van der Waals surface area contributed by atoms with Crippen LogP contribution in [0.25, 0.3) is 0 Å². The van der Waals surface area contributed by atoms with Gasteiger partial charge in [0.1, 0.15) is 0 Å². The Labute approximate surface area is 122 Å². The highest BCUT2D eigenvalue weighted by atomic mass is 35.5. The minimum absolute atomic E-state index is 0. The molecule has 0 aliphatic carbocycles. The van der Waals surface area contributed by atoms with Crippen LogP contribution in [0.4, 0.5) is 0 Å². The highest BCUT2D eigenvalue weighted by Crippen LogP contribution is 2.26. The number of rotatable bonds is 5. The second kappa shape index (κ2) is 7.22. The average Bonchev–Trinajstić information content (AvgIpc) is 2.74. The monoisotopic (exact) mass is 312 g/mol. The normalized spacial score (nSPS) is 28.2. The lowest BCUT2D eigenvalue weighted by atomic mass is 9.95. The summed E-state index contributed by atoms with van der Waals surface area (Å²) in [6.45, 7) is 6.49. The maximum atomic E-state index is 12.2. The molecule has 0 saturated carbocycles. The SMILES string of the molecule is CC(C)OCCS(=O)(=O)N1CCC2NCCC2C1.Cl. The molecule has 2 aliphatic rings. The van der Waals surface area contributed by atoms with Crippen LogP contribution >= 0.6 is 12.4 Å². The summed E-state index contributed by atoms with van der Waals surface area (Å²) < 4.78 is 31.4. The molecule has 2 heterocycles. The van der Waals surface area contributed by atoms with Crippen LogP contribution in [-0.2, 0) is 14.8 Å². The Morgan fingerprint density at radius 2 is 2.11 bits per heavy atom. The Hall–Kier alpha value is 0.120. The molecule has 0 spiro atoms. The molecule has 0 radical (unpaired) electrons. The molecule has 0 amide bonds. The molecule has 0 aromatic heterocycles. The molecule has 2 fully saturated rings. The molecule has 114 valence electrons. The van der Waals surface area contributed by atoms with Gasteiger partial charge in [0.25, 0.3) is 0 Å². The second-order valence-electron chi connectivity index (χ2n) is 5.49. The summed E-state index contributed by atoms with van der Waals surface area (Å²) in [6, 6.07) is 0.531. The summed E-state index contributed by atoms with van der Waals surface area (Å²) in [4.78, 5) is 0. The number of ether oxygens (including phenoxy) is 1. The fraction of sp³-hybridized carbons (Fsp3) is 1.00. The van der Waals surface area contributed by atoms with Crippen LogP contribution in [0.15, 0.2) is 0 Å². The summed E-state index contributed by atoms with van der Waals surface area (Å²) in [5.41, 5.74) is 0. The molecule has 0 bridgehead atoms. The lowest BCUT2D eigenvalue weighted by molar-refractivity contribution is 0.0904. The van der Waals surface area contributed by atoms with Gasteiger partial charge < -0.3 is 10.1 Å². The third-order valence-electron chi connectivity index (χ3n) is 3.80. The topological polar surface area (TPSA) is 58.6 Å². The van der Waals surface area contributed by atoms with E-state index in [4.69, 9.17) is 4.74 Å². The zero-order valence-corrected chi connectivity index (χ0v) is 13.3. The van der Waals surface area contributed by atoms with Crippen LogP contribution in [-0.4, -0.2) is 56.9 Å². The number of sulfonamides is 1. The fourth-order valence-corrected chi connectivity index (χ4v) is 4.15.